The molecule has 3 atom stereocenters. The number of hydrazine groups is 1. The van der Waals surface area contributed by atoms with Gasteiger partial charge >= 0.3 is 0 Å². The number of nitrogens with two attached hydrogens (primary N) is 1. The third-order valence-electron chi connectivity index (χ3n) is 4.82. The zero-order chi connectivity index (χ0) is 14.1. The number of nitrogens with one attached hydrogen (secondary N) is 1. The van der Waals surface area contributed by atoms with Gasteiger partial charge in [0.15, 0.2) is 0 Å². The summed E-state index contributed by atoms with van der Waals surface area (Å²) in [4.78, 5) is 3.09. The Hall–Kier alpha value is -0.0300. The maximum absolute atomic E-state index is 5.94. The van der Waals surface area contributed by atoms with Crippen LogP contribution < -0.4 is 11.3 Å². The highest BCUT2D eigenvalue weighted by Crippen LogP contribution is 2.43. The van der Waals surface area contributed by atoms with Gasteiger partial charge in [0, 0.05) is 15.5 Å². The molecule has 2 aliphatic rings. The molecule has 1 aromatic heterocycles. The standard InChI is InChI=1S/C16H26N2S2/c1-10-5-11(2)7-12(6-10)16(18-17)15-8-13-9-19-4-3-14(13)20-15/h8,10-12,16,18H,3-7,9,17H2,1-2H3. The second-order valence-electron chi connectivity index (χ2n) is 6.72. The van der Waals surface area contributed by atoms with Crippen LogP contribution in [0.1, 0.15) is 54.5 Å². The fraction of sp³-hybridized carbons (Fsp3) is 0.750. The summed E-state index contributed by atoms with van der Waals surface area (Å²) in [7, 11) is 0. The lowest BCUT2D eigenvalue weighted by Gasteiger charge is -2.35. The van der Waals surface area contributed by atoms with Crippen molar-refractivity contribution in [1.29, 1.82) is 0 Å². The number of rotatable bonds is 3. The van der Waals surface area contributed by atoms with E-state index in [1.165, 1.54) is 42.1 Å². The molecule has 4 heteroatoms. The van der Waals surface area contributed by atoms with Crippen LogP contribution in [-0.4, -0.2) is 5.75 Å². The first kappa shape index (κ1) is 14.9. The van der Waals surface area contributed by atoms with Gasteiger partial charge in [-0.2, -0.15) is 11.8 Å². The molecule has 0 bridgehead atoms. The predicted molar refractivity (Wildman–Crippen MR) is 89.9 cm³/mol. The van der Waals surface area contributed by atoms with Crippen molar-refractivity contribution in [1.82, 2.24) is 5.43 Å². The summed E-state index contributed by atoms with van der Waals surface area (Å²) >= 11 is 4.07. The number of fused-ring (bicyclic) bond motifs is 1. The number of aryl methyl sites for hydroxylation is 1. The molecule has 0 radical (unpaired) electrons. The van der Waals surface area contributed by atoms with Gasteiger partial charge in [-0.25, -0.2) is 0 Å². The predicted octanol–water partition coefficient (Wildman–Crippen LogP) is 4.11. The Morgan fingerprint density at radius 1 is 1.25 bits per heavy atom. The molecule has 2 heterocycles. The third kappa shape index (κ3) is 3.08. The van der Waals surface area contributed by atoms with Gasteiger partial charge in [0.2, 0.25) is 0 Å². The van der Waals surface area contributed by atoms with E-state index < -0.39 is 0 Å². The molecule has 20 heavy (non-hydrogen) atoms. The SMILES string of the molecule is CC1CC(C)CC(C(NN)c2cc3c(s2)CCSC3)C1. The van der Waals surface area contributed by atoms with Crippen molar-refractivity contribution >= 4 is 23.1 Å². The van der Waals surface area contributed by atoms with E-state index in [2.05, 4.69) is 37.1 Å². The molecule has 0 amide bonds. The number of hydrogen-bond donors (Lipinski definition) is 2. The van der Waals surface area contributed by atoms with Crippen molar-refractivity contribution in [2.45, 2.75) is 51.3 Å². The molecule has 3 unspecified atom stereocenters. The van der Waals surface area contributed by atoms with Crippen LogP contribution in [0.15, 0.2) is 6.07 Å². The quantitative estimate of drug-likeness (QED) is 0.651. The zero-order valence-electron chi connectivity index (χ0n) is 12.5. The molecule has 0 aromatic carbocycles. The van der Waals surface area contributed by atoms with Crippen LogP contribution in [0.4, 0.5) is 0 Å². The average molecular weight is 311 g/mol. The van der Waals surface area contributed by atoms with Crippen LogP contribution in [0.5, 0.6) is 0 Å². The average Bonchev–Trinajstić information content (AvgIpc) is 2.81. The molecule has 0 spiro atoms. The number of thiophene rings is 1. The minimum Gasteiger partial charge on any atom is -0.271 e. The highest BCUT2D eigenvalue weighted by Gasteiger charge is 2.32. The molecule has 2 nitrogen and oxygen atoms in total. The van der Waals surface area contributed by atoms with Crippen molar-refractivity contribution in [3.05, 3.63) is 21.4 Å². The van der Waals surface area contributed by atoms with Gasteiger partial charge in [0.25, 0.3) is 0 Å². The van der Waals surface area contributed by atoms with Crippen molar-refractivity contribution in [2.75, 3.05) is 5.75 Å². The van der Waals surface area contributed by atoms with Crippen LogP contribution in [0.2, 0.25) is 0 Å². The van der Waals surface area contributed by atoms with Gasteiger partial charge in [-0.05, 0) is 60.8 Å². The van der Waals surface area contributed by atoms with E-state index in [9.17, 15) is 0 Å². The van der Waals surface area contributed by atoms with Gasteiger partial charge in [0.1, 0.15) is 0 Å². The molecule has 3 N–H and O–H groups in total. The molecule has 1 aromatic rings. The minimum absolute atomic E-state index is 0.362. The second kappa shape index (κ2) is 6.39. The van der Waals surface area contributed by atoms with Crippen LogP contribution in [0.25, 0.3) is 0 Å². The Labute approximate surface area is 130 Å². The molecule has 1 fully saturated rings. The summed E-state index contributed by atoms with van der Waals surface area (Å²) in [5.41, 5.74) is 4.71. The number of thioether (sulfide) groups is 1. The molecule has 1 aliphatic heterocycles. The van der Waals surface area contributed by atoms with E-state index in [1.807, 2.05) is 11.3 Å². The highest BCUT2D eigenvalue weighted by molar-refractivity contribution is 7.98. The summed E-state index contributed by atoms with van der Waals surface area (Å²) in [6.07, 6.45) is 5.26. The first-order chi connectivity index (χ1) is 9.67. The van der Waals surface area contributed by atoms with Crippen molar-refractivity contribution in [3.63, 3.8) is 0 Å². The van der Waals surface area contributed by atoms with E-state index in [0.29, 0.717) is 12.0 Å². The van der Waals surface area contributed by atoms with E-state index in [0.717, 1.165) is 11.8 Å². The Morgan fingerprint density at radius 2 is 2.00 bits per heavy atom. The molecule has 1 aliphatic carbocycles. The summed E-state index contributed by atoms with van der Waals surface area (Å²) in [6, 6.07) is 2.79. The smallest absolute Gasteiger partial charge is 0.0581 e. The summed E-state index contributed by atoms with van der Waals surface area (Å²) in [5, 5.41) is 0. The molecule has 112 valence electrons. The summed E-state index contributed by atoms with van der Waals surface area (Å²) in [5.74, 6) is 10.8. The fourth-order valence-electron chi connectivity index (χ4n) is 4.06. The van der Waals surface area contributed by atoms with E-state index in [-0.39, 0.29) is 0 Å². The topological polar surface area (TPSA) is 38.0 Å². The monoisotopic (exact) mass is 310 g/mol. The Bertz CT molecular complexity index is 424. The van der Waals surface area contributed by atoms with Crippen molar-refractivity contribution in [2.24, 2.45) is 23.6 Å². The molecular formula is C16H26N2S2. The van der Waals surface area contributed by atoms with Gasteiger partial charge in [-0.1, -0.05) is 13.8 Å². The Balaban J connectivity index is 1.80. The Kier molecular flexibility index (Phi) is 4.75. The summed E-state index contributed by atoms with van der Waals surface area (Å²) < 4.78 is 0. The zero-order valence-corrected chi connectivity index (χ0v) is 14.2. The molecule has 3 rings (SSSR count). The van der Waals surface area contributed by atoms with Crippen LogP contribution in [0, 0.1) is 17.8 Å². The first-order valence-corrected chi connectivity index (χ1v) is 9.79. The highest BCUT2D eigenvalue weighted by atomic mass is 32.2. The van der Waals surface area contributed by atoms with Gasteiger partial charge in [-0.3, -0.25) is 11.3 Å². The lowest BCUT2D eigenvalue weighted by atomic mass is 9.73. The second-order valence-corrected chi connectivity index (χ2v) is 9.00. The summed E-state index contributed by atoms with van der Waals surface area (Å²) in [6.45, 7) is 4.79. The van der Waals surface area contributed by atoms with Crippen molar-refractivity contribution in [3.8, 4) is 0 Å². The molecule has 0 saturated heterocycles. The molecular weight excluding hydrogens is 284 g/mol. The minimum atomic E-state index is 0.362. The first-order valence-electron chi connectivity index (χ1n) is 7.82. The van der Waals surface area contributed by atoms with Crippen molar-refractivity contribution < 1.29 is 0 Å². The van der Waals surface area contributed by atoms with Gasteiger partial charge in [0.05, 0.1) is 6.04 Å². The lowest BCUT2D eigenvalue weighted by Crippen LogP contribution is -2.36. The number of hydrogen-bond acceptors (Lipinski definition) is 4. The maximum Gasteiger partial charge on any atom is 0.0581 e. The van der Waals surface area contributed by atoms with Gasteiger partial charge < -0.3 is 0 Å². The Morgan fingerprint density at radius 3 is 2.65 bits per heavy atom. The van der Waals surface area contributed by atoms with E-state index in [1.54, 1.807) is 10.4 Å². The van der Waals surface area contributed by atoms with E-state index in [4.69, 9.17) is 5.84 Å². The van der Waals surface area contributed by atoms with Crippen LogP contribution >= 0.6 is 23.1 Å². The van der Waals surface area contributed by atoms with Crippen LogP contribution in [0.3, 0.4) is 0 Å². The third-order valence-corrected chi connectivity index (χ3v) is 7.15. The fourth-order valence-corrected chi connectivity index (χ4v) is 6.59. The van der Waals surface area contributed by atoms with E-state index >= 15 is 0 Å². The largest absolute Gasteiger partial charge is 0.271 e. The maximum atomic E-state index is 5.94. The van der Waals surface area contributed by atoms with Gasteiger partial charge in [-0.15, -0.1) is 11.3 Å². The van der Waals surface area contributed by atoms with Crippen LogP contribution in [-0.2, 0) is 12.2 Å². The lowest BCUT2D eigenvalue weighted by molar-refractivity contribution is 0.178. The molecule has 1 saturated carbocycles. The normalized spacial score (nSPS) is 31.9.